The molecule has 6 heteroatoms. The summed E-state index contributed by atoms with van der Waals surface area (Å²) < 4.78 is 27.3. The molecule has 1 N–H and O–H groups in total. The predicted octanol–water partition coefficient (Wildman–Crippen LogP) is 3.08. The van der Waals surface area contributed by atoms with Gasteiger partial charge in [0.25, 0.3) is 5.91 Å². The maximum absolute atomic E-state index is 13.8. The molecule has 1 aromatic carbocycles. The summed E-state index contributed by atoms with van der Waals surface area (Å²) in [7, 11) is 0. The Morgan fingerprint density at radius 2 is 2.19 bits per heavy atom. The van der Waals surface area contributed by atoms with Gasteiger partial charge in [-0.2, -0.15) is 0 Å². The van der Waals surface area contributed by atoms with Gasteiger partial charge in [0.2, 0.25) is 0 Å². The molecule has 21 heavy (non-hydrogen) atoms. The first-order chi connectivity index (χ1) is 10.0. The van der Waals surface area contributed by atoms with Crippen molar-refractivity contribution in [3.63, 3.8) is 0 Å². The SMILES string of the molecule is CCN(CC1CCCNC1)C(=O)c1cc(F)c(Cl)cc1F. The van der Waals surface area contributed by atoms with Crippen LogP contribution in [-0.2, 0) is 0 Å². The molecular formula is C15H19ClF2N2O. The third-order valence-electron chi connectivity index (χ3n) is 3.79. The average molecular weight is 317 g/mol. The second kappa shape index (κ2) is 7.18. The molecule has 0 spiro atoms. The highest BCUT2D eigenvalue weighted by atomic mass is 35.5. The van der Waals surface area contributed by atoms with Crippen molar-refractivity contribution in [3.8, 4) is 0 Å². The van der Waals surface area contributed by atoms with E-state index in [2.05, 4.69) is 5.32 Å². The van der Waals surface area contributed by atoms with Crippen LogP contribution in [0.5, 0.6) is 0 Å². The fourth-order valence-electron chi connectivity index (χ4n) is 2.60. The van der Waals surface area contributed by atoms with E-state index in [0.717, 1.165) is 38.1 Å². The van der Waals surface area contributed by atoms with Crippen LogP contribution in [0.4, 0.5) is 8.78 Å². The van der Waals surface area contributed by atoms with Crippen LogP contribution in [0, 0.1) is 17.6 Å². The second-order valence-electron chi connectivity index (χ2n) is 5.30. The number of piperidine rings is 1. The van der Waals surface area contributed by atoms with Gasteiger partial charge in [0.05, 0.1) is 10.6 Å². The number of halogens is 3. The first-order valence-electron chi connectivity index (χ1n) is 7.17. The molecular weight excluding hydrogens is 298 g/mol. The highest BCUT2D eigenvalue weighted by Gasteiger charge is 2.23. The largest absolute Gasteiger partial charge is 0.339 e. The molecule has 1 saturated heterocycles. The lowest BCUT2D eigenvalue weighted by atomic mass is 9.98. The molecule has 1 heterocycles. The average Bonchev–Trinajstić information content (AvgIpc) is 2.49. The molecule has 0 aromatic heterocycles. The minimum atomic E-state index is -0.786. The normalized spacial score (nSPS) is 18.6. The predicted molar refractivity (Wildman–Crippen MR) is 78.5 cm³/mol. The molecule has 1 aliphatic rings. The Labute approximate surface area is 128 Å². The Morgan fingerprint density at radius 3 is 2.81 bits per heavy atom. The number of nitrogens with zero attached hydrogens (tertiary/aromatic N) is 1. The van der Waals surface area contributed by atoms with Gasteiger partial charge < -0.3 is 10.2 Å². The number of rotatable bonds is 4. The highest BCUT2D eigenvalue weighted by Crippen LogP contribution is 2.21. The molecule has 1 aliphatic heterocycles. The summed E-state index contributed by atoms with van der Waals surface area (Å²) in [4.78, 5) is 13.9. The van der Waals surface area contributed by atoms with Crippen molar-refractivity contribution in [1.82, 2.24) is 10.2 Å². The van der Waals surface area contributed by atoms with E-state index in [1.807, 2.05) is 6.92 Å². The summed E-state index contributed by atoms with van der Waals surface area (Å²) in [6.45, 7) is 4.68. The van der Waals surface area contributed by atoms with Crippen LogP contribution >= 0.6 is 11.6 Å². The number of amides is 1. The standard InChI is InChI=1S/C15H19ClF2N2O/c1-2-20(9-10-4-3-5-19-8-10)15(21)11-6-14(18)12(16)7-13(11)17/h6-7,10,19H,2-5,8-9H2,1H3. The van der Waals surface area contributed by atoms with Gasteiger partial charge in [0.1, 0.15) is 11.6 Å². The Balaban J connectivity index is 2.14. The molecule has 0 bridgehead atoms. The summed E-state index contributed by atoms with van der Waals surface area (Å²) in [6, 6.07) is 1.72. The van der Waals surface area contributed by atoms with E-state index in [9.17, 15) is 13.6 Å². The van der Waals surface area contributed by atoms with E-state index < -0.39 is 17.5 Å². The van der Waals surface area contributed by atoms with Gasteiger partial charge in [-0.15, -0.1) is 0 Å². The number of benzene rings is 1. The molecule has 2 rings (SSSR count). The summed E-state index contributed by atoms with van der Waals surface area (Å²) in [5.41, 5.74) is -0.262. The number of carbonyl (C=O) groups is 1. The van der Waals surface area contributed by atoms with E-state index in [-0.39, 0.29) is 10.6 Å². The van der Waals surface area contributed by atoms with Crippen LogP contribution in [0.1, 0.15) is 30.1 Å². The molecule has 1 fully saturated rings. The third-order valence-corrected chi connectivity index (χ3v) is 4.08. The smallest absolute Gasteiger partial charge is 0.256 e. The van der Waals surface area contributed by atoms with Gasteiger partial charge in [-0.1, -0.05) is 11.6 Å². The molecule has 1 atom stereocenters. The van der Waals surface area contributed by atoms with Gasteiger partial charge in [-0.05, 0) is 50.9 Å². The molecule has 116 valence electrons. The topological polar surface area (TPSA) is 32.3 Å². The van der Waals surface area contributed by atoms with Gasteiger partial charge in [-0.3, -0.25) is 4.79 Å². The number of carbonyl (C=O) groups excluding carboxylic acids is 1. The first-order valence-corrected chi connectivity index (χ1v) is 7.55. The lowest BCUT2D eigenvalue weighted by Crippen LogP contribution is -2.41. The van der Waals surface area contributed by atoms with Crippen molar-refractivity contribution >= 4 is 17.5 Å². The lowest BCUT2D eigenvalue weighted by Gasteiger charge is -2.29. The molecule has 3 nitrogen and oxygen atoms in total. The van der Waals surface area contributed by atoms with Crippen molar-refractivity contribution in [2.24, 2.45) is 5.92 Å². The van der Waals surface area contributed by atoms with Crippen LogP contribution in [-0.4, -0.2) is 37.0 Å². The second-order valence-corrected chi connectivity index (χ2v) is 5.71. The molecule has 0 saturated carbocycles. The van der Waals surface area contributed by atoms with Crippen molar-refractivity contribution in [1.29, 1.82) is 0 Å². The molecule has 0 radical (unpaired) electrons. The summed E-state index contributed by atoms with van der Waals surface area (Å²) in [5.74, 6) is -1.71. The summed E-state index contributed by atoms with van der Waals surface area (Å²) in [6.07, 6.45) is 2.11. The zero-order valence-electron chi connectivity index (χ0n) is 12.0. The Morgan fingerprint density at radius 1 is 1.43 bits per heavy atom. The number of hydrogen-bond acceptors (Lipinski definition) is 2. The zero-order chi connectivity index (χ0) is 15.4. The van der Waals surface area contributed by atoms with E-state index in [4.69, 9.17) is 11.6 Å². The summed E-state index contributed by atoms with van der Waals surface area (Å²) >= 11 is 5.51. The zero-order valence-corrected chi connectivity index (χ0v) is 12.7. The van der Waals surface area contributed by atoms with Crippen molar-refractivity contribution in [2.45, 2.75) is 19.8 Å². The Bertz CT molecular complexity index is 519. The maximum atomic E-state index is 13.8. The number of nitrogens with one attached hydrogen (secondary N) is 1. The van der Waals surface area contributed by atoms with Crippen molar-refractivity contribution < 1.29 is 13.6 Å². The van der Waals surface area contributed by atoms with Gasteiger partial charge in [-0.25, -0.2) is 8.78 Å². The van der Waals surface area contributed by atoms with Gasteiger partial charge in [0, 0.05) is 13.1 Å². The fourth-order valence-corrected chi connectivity index (χ4v) is 2.75. The van der Waals surface area contributed by atoms with Crippen LogP contribution in [0.3, 0.4) is 0 Å². The van der Waals surface area contributed by atoms with Crippen molar-refractivity contribution in [2.75, 3.05) is 26.2 Å². The van der Waals surface area contributed by atoms with Gasteiger partial charge in [0.15, 0.2) is 0 Å². The third kappa shape index (κ3) is 3.92. The monoisotopic (exact) mass is 316 g/mol. The molecule has 1 aromatic rings. The fraction of sp³-hybridized carbons (Fsp3) is 0.533. The Hall–Kier alpha value is -1.20. The lowest BCUT2D eigenvalue weighted by molar-refractivity contribution is 0.0724. The minimum absolute atomic E-state index is 0.262. The maximum Gasteiger partial charge on any atom is 0.256 e. The molecule has 1 unspecified atom stereocenters. The van der Waals surface area contributed by atoms with E-state index in [1.54, 1.807) is 4.90 Å². The van der Waals surface area contributed by atoms with Crippen LogP contribution in [0.15, 0.2) is 12.1 Å². The van der Waals surface area contributed by atoms with Crippen LogP contribution < -0.4 is 5.32 Å². The highest BCUT2D eigenvalue weighted by molar-refractivity contribution is 6.30. The minimum Gasteiger partial charge on any atom is -0.339 e. The first kappa shape index (κ1) is 16.2. The van der Waals surface area contributed by atoms with E-state index >= 15 is 0 Å². The van der Waals surface area contributed by atoms with Crippen molar-refractivity contribution in [3.05, 3.63) is 34.4 Å². The number of hydrogen-bond donors (Lipinski definition) is 1. The summed E-state index contributed by atoms with van der Waals surface area (Å²) in [5, 5.41) is 2.97. The van der Waals surface area contributed by atoms with Crippen LogP contribution in [0.2, 0.25) is 5.02 Å². The van der Waals surface area contributed by atoms with E-state index in [0.29, 0.717) is 19.0 Å². The van der Waals surface area contributed by atoms with Crippen LogP contribution in [0.25, 0.3) is 0 Å². The quantitative estimate of drug-likeness (QED) is 0.866. The van der Waals surface area contributed by atoms with Gasteiger partial charge >= 0.3 is 0 Å². The van der Waals surface area contributed by atoms with E-state index in [1.165, 1.54) is 0 Å². The molecule has 0 aliphatic carbocycles. The molecule has 1 amide bonds. The Kier molecular flexibility index (Phi) is 5.53.